The highest BCUT2D eigenvalue weighted by molar-refractivity contribution is 7.22. The van der Waals surface area contributed by atoms with Crippen LogP contribution in [0.15, 0.2) is 53.1 Å². The van der Waals surface area contributed by atoms with Crippen molar-refractivity contribution in [1.82, 2.24) is 15.1 Å². The molecule has 0 saturated heterocycles. The Morgan fingerprint density at radius 1 is 1.11 bits per heavy atom. The SMILES string of the molecule is CCc1ccc(-c2noc(CCC(=O)Nc3nc4ccccc4s3)n2)cc1. The average Bonchev–Trinajstić information content (AvgIpc) is 3.33. The van der Waals surface area contributed by atoms with Gasteiger partial charge in [-0.25, -0.2) is 4.98 Å². The molecule has 0 bridgehead atoms. The number of fused-ring (bicyclic) bond motifs is 1. The predicted molar refractivity (Wildman–Crippen MR) is 106 cm³/mol. The van der Waals surface area contributed by atoms with E-state index in [1.165, 1.54) is 16.9 Å². The molecule has 7 heteroatoms. The Labute approximate surface area is 160 Å². The van der Waals surface area contributed by atoms with Gasteiger partial charge in [0.2, 0.25) is 17.6 Å². The van der Waals surface area contributed by atoms with E-state index in [0.29, 0.717) is 23.3 Å². The van der Waals surface area contributed by atoms with E-state index in [2.05, 4.69) is 39.5 Å². The second kappa shape index (κ2) is 7.67. The first kappa shape index (κ1) is 17.4. The van der Waals surface area contributed by atoms with Gasteiger partial charge in [0.05, 0.1) is 10.2 Å². The number of aromatic nitrogens is 3. The summed E-state index contributed by atoms with van der Waals surface area (Å²) < 4.78 is 6.31. The molecular formula is C20H18N4O2S. The molecule has 4 rings (SSSR count). The number of amides is 1. The van der Waals surface area contributed by atoms with Gasteiger partial charge in [0.15, 0.2) is 5.13 Å². The minimum absolute atomic E-state index is 0.124. The fraction of sp³-hybridized carbons (Fsp3) is 0.200. The van der Waals surface area contributed by atoms with Gasteiger partial charge in [-0.2, -0.15) is 4.98 Å². The molecule has 136 valence electrons. The molecule has 0 spiro atoms. The van der Waals surface area contributed by atoms with E-state index in [-0.39, 0.29) is 12.3 Å². The maximum absolute atomic E-state index is 12.2. The van der Waals surface area contributed by atoms with E-state index >= 15 is 0 Å². The smallest absolute Gasteiger partial charge is 0.227 e. The molecule has 0 aliphatic heterocycles. The number of benzene rings is 2. The molecule has 4 aromatic rings. The van der Waals surface area contributed by atoms with Crippen LogP contribution in [-0.2, 0) is 17.6 Å². The Balaban J connectivity index is 1.35. The lowest BCUT2D eigenvalue weighted by Gasteiger charge is -1.99. The number of aryl methyl sites for hydroxylation is 2. The van der Waals surface area contributed by atoms with Crippen LogP contribution in [0.25, 0.3) is 21.6 Å². The molecule has 1 amide bonds. The van der Waals surface area contributed by atoms with E-state index in [9.17, 15) is 4.79 Å². The zero-order valence-corrected chi connectivity index (χ0v) is 15.6. The molecule has 2 heterocycles. The standard InChI is InChI=1S/C20H18N4O2S/c1-2-13-7-9-14(10-8-13)19-23-18(26-24-19)12-11-17(25)22-20-21-15-5-3-4-6-16(15)27-20/h3-10H,2,11-12H2,1H3,(H,21,22,25). The van der Waals surface area contributed by atoms with Crippen LogP contribution >= 0.6 is 11.3 Å². The lowest BCUT2D eigenvalue weighted by Crippen LogP contribution is -2.12. The first-order valence-electron chi connectivity index (χ1n) is 8.78. The van der Waals surface area contributed by atoms with Crippen LogP contribution in [0.4, 0.5) is 5.13 Å². The quantitative estimate of drug-likeness (QED) is 0.535. The number of para-hydroxylation sites is 1. The lowest BCUT2D eigenvalue weighted by atomic mass is 10.1. The highest BCUT2D eigenvalue weighted by Crippen LogP contribution is 2.25. The molecule has 0 aliphatic rings. The van der Waals surface area contributed by atoms with E-state index < -0.39 is 0 Å². The van der Waals surface area contributed by atoms with Gasteiger partial charge in [-0.1, -0.05) is 59.8 Å². The molecule has 2 aromatic carbocycles. The van der Waals surface area contributed by atoms with Gasteiger partial charge < -0.3 is 9.84 Å². The van der Waals surface area contributed by atoms with Gasteiger partial charge in [-0.3, -0.25) is 4.79 Å². The van der Waals surface area contributed by atoms with Gasteiger partial charge in [0.25, 0.3) is 0 Å². The van der Waals surface area contributed by atoms with Crippen molar-refractivity contribution < 1.29 is 9.32 Å². The Morgan fingerprint density at radius 3 is 2.70 bits per heavy atom. The molecule has 0 unspecified atom stereocenters. The first-order valence-corrected chi connectivity index (χ1v) is 9.60. The van der Waals surface area contributed by atoms with Crippen LogP contribution in [-0.4, -0.2) is 21.0 Å². The summed E-state index contributed by atoms with van der Waals surface area (Å²) in [7, 11) is 0. The monoisotopic (exact) mass is 378 g/mol. The largest absolute Gasteiger partial charge is 0.339 e. The molecule has 2 aromatic heterocycles. The second-order valence-electron chi connectivity index (χ2n) is 6.10. The Morgan fingerprint density at radius 2 is 1.93 bits per heavy atom. The van der Waals surface area contributed by atoms with E-state index in [1.54, 1.807) is 0 Å². The summed E-state index contributed by atoms with van der Waals surface area (Å²) in [5, 5.41) is 7.44. The number of anilines is 1. The van der Waals surface area contributed by atoms with Crippen molar-refractivity contribution in [2.24, 2.45) is 0 Å². The maximum Gasteiger partial charge on any atom is 0.227 e. The van der Waals surface area contributed by atoms with Gasteiger partial charge >= 0.3 is 0 Å². The lowest BCUT2D eigenvalue weighted by molar-refractivity contribution is -0.116. The summed E-state index contributed by atoms with van der Waals surface area (Å²) in [6.07, 6.45) is 1.63. The molecule has 0 saturated carbocycles. The van der Waals surface area contributed by atoms with E-state index in [1.807, 2.05) is 36.4 Å². The summed E-state index contributed by atoms with van der Waals surface area (Å²) in [5.41, 5.74) is 3.04. The summed E-state index contributed by atoms with van der Waals surface area (Å²) in [5.74, 6) is 0.865. The Hall–Kier alpha value is -3.06. The van der Waals surface area contributed by atoms with Crippen LogP contribution in [0.1, 0.15) is 24.8 Å². The van der Waals surface area contributed by atoms with Crippen LogP contribution < -0.4 is 5.32 Å². The number of nitrogens with one attached hydrogen (secondary N) is 1. The second-order valence-corrected chi connectivity index (χ2v) is 7.13. The normalized spacial score (nSPS) is 11.0. The van der Waals surface area contributed by atoms with Crippen LogP contribution in [0.2, 0.25) is 0 Å². The van der Waals surface area contributed by atoms with Crippen molar-refractivity contribution in [3.8, 4) is 11.4 Å². The van der Waals surface area contributed by atoms with Crippen molar-refractivity contribution in [2.75, 3.05) is 5.32 Å². The fourth-order valence-corrected chi connectivity index (χ4v) is 3.57. The molecule has 0 radical (unpaired) electrons. The fourth-order valence-electron chi connectivity index (χ4n) is 2.69. The maximum atomic E-state index is 12.2. The van der Waals surface area contributed by atoms with Gasteiger partial charge in [-0.05, 0) is 24.1 Å². The predicted octanol–water partition coefficient (Wildman–Crippen LogP) is 4.48. The molecular weight excluding hydrogens is 360 g/mol. The molecule has 1 N–H and O–H groups in total. The number of nitrogens with zero attached hydrogens (tertiary/aromatic N) is 3. The van der Waals surface area contributed by atoms with Gasteiger partial charge in [-0.15, -0.1) is 0 Å². The van der Waals surface area contributed by atoms with Crippen molar-refractivity contribution >= 4 is 32.6 Å². The number of thiazole rings is 1. The zero-order chi connectivity index (χ0) is 18.6. The van der Waals surface area contributed by atoms with E-state index in [4.69, 9.17) is 4.52 Å². The third-order valence-corrected chi connectivity index (χ3v) is 5.15. The van der Waals surface area contributed by atoms with Crippen LogP contribution in [0, 0.1) is 0 Å². The number of carbonyl (C=O) groups is 1. The molecule has 27 heavy (non-hydrogen) atoms. The van der Waals surface area contributed by atoms with Crippen molar-refractivity contribution in [2.45, 2.75) is 26.2 Å². The zero-order valence-electron chi connectivity index (χ0n) is 14.8. The third-order valence-electron chi connectivity index (χ3n) is 4.19. The van der Waals surface area contributed by atoms with Gasteiger partial charge in [0.1, 0.15) is 0 Å². The van der Waals surface area contributed by atoms with Crippen molar-refractivity contribution in [3.05, 3.63) is 60.0 Å². The number of rotatable bonds is 6. The van der Waals surface area contributed by atoms with Crippen molar-refractivity contribution in [1.29, 1.82) is 0 Å². The summed E-state index contributed by atoms with van der Waals surface area (Å²) in [6, 6.07) is 15.9. The molecule has 0 fully saturated rings. The summed E-state index contributed by atoms with van der Waals surface area (Å²) in [6.45, 7) is 2.11. The van der Waals surface area contributed by atoms with Gasteiger partial charge in [0, 0.05) is 18.4 Å². The number of hydrogen-bond donors (Lipinski definition) is 1. The average molecular weight is 378 g/mol. The highest BCUT2D eigenvalue weighted by atomic mass is 32.1. The summed E-state index contributed by atoms with van der Waals surface area (Å²) in [4.78, 5) is 21.0. The summed E-state index contributed by atoms with van der Waals surface area (Å²) >= 11 is 1.46. The minimum Gasteiger partial charge on any atom is -0.339 e. The number of carbonyl (C=O) groups excluding carboxylic acids is 1. The molecule has 6 nitrogen and oxygen atoms in total. The molecule has 0 aliphatic carbocycles. The first-order chi connectivity index (χ1) is 13.2. The van der Waals surface area contributed by atoms with E-state index in [0.717, 1.165) is 22.2 Å². The van der Waals surface area contributed by atoms with Crippen LogP contribution in [0.3, 0.4) is 0 Å². The Kier molecular flexibility index (Phi) is 4.93. The number of hydrogen-bond acceptors (Lipinski definition) is 6. The highest BCUT2D eigenvalue weighted by Gasteiger charge is 2.12. The molecule has 0 atom stereocenters. The third kappa shape index (κ3) is 4.03. The topological polar surface area (TPSA) is 80.9 Å². The Bertz CT molecular complexity index is 1040. The van der Waals surface area contributed by atoms with Crippen LogP contribution in [0.5, 0.6) is 0 Å². The minimum atomic E-state index is -0.124. The van der Waals surface area contributed by atoms with Crippen molar-refractivity contribution in [3.63, 3.8) is 0 Å².